The van der Waals surface area contributed by atoms with Crippen molar-refractivity contribution in [1.82, 2.24) is 4.90 Å². The molecule has 0 aliphatic carbocycles. The first-order chi connectivity index (χ1) is 6.74. The summed E-state index contributed by atoms with van der Waals surface area (Å²) in [5.74, 6) is 0.220. The second-order valence-corrected chi connectivity index (χ2v) is 3.58. The van der Waals surface area contributed by atoms with Crippen molar-refractivity contribution in [2.75, 3.05) is 33.4 Å². The number of methoxy groups -OCH3 is 1. The van der Waals surface area contributed by atoms with Gasteiger partial charge >= 0.3 is 0 Å². The Balaban J connectivity index is 2.19. The zero-order chi connectivity index (χ0) is 10.4. The quantitative estimate of drug-likeness (QED) is 0.670. The Morgan fingerprint density at radius 1 is 1.50 bits per heavy atom. The van der Waals surface area contributed by atoms with E-state index in [9.17, 15) is 4.79 Å². The molecule has 0 radical (unpaired) electrons. The Kier molecular flexibility index (Phi) is 4.90. The molecule has 0 aromatic heterocycles. The molecule has 0 bridgehead atoms. The summed E-state index contributed by atoms with van der Waals surface area (Å²) in [5.41, 5.74) is 0. The van der Waals surface area contributed by atoms with E-state index < -0.39 is 0 Å². The van der Waals surface area contributed by atoms with Crippen LogP contribution in [0.1, 0.15) is 19.8 Å². The van der Waals surface area contributed by atoms with Crippen LogP contribution in [0.25, 0.3) is 0 Å². The van der Waals surface area contributed by atoms with Gasteiger partial charge in [0.05, 0.1) is 19.3 Å². The summed E-state index contributed by atoms with van der Waals surface area (Å²) in [6.45, 7) is 4.80. The number of ether oxygens (including phenoxy) is 2. The highest BCUT2D eigenvalue weighted by Crippen LogP contribution is 2.05. The Bertz CT molecular complexity index is 178. The van der Waals surface area contributed by atoms with Crippen molar-refractivity contribution in [2.45, 2.75) is 25.9 Å². The van der Waals surface area contributed by atoms with Gasteiger partial charge in [-0.15, -0.1) is 0 Å². The van der Waals surface area contributed by atoms with E-state index in [-0.39, 0.29) is 12.0 Å². The standard InChI is InChI=1S/C10H19NO3/c1-9(13-2)3-4-10(12)11-5-7-14-8-6-11/h9H,3-8H2,1-2H3. The predicted molar refractivity (Wildman–Crippen MR) is 53.1 cm³/mol. The maximum absolute atomic E-state index is 11.6. The molecule has 0 saturated carbocycles. The molecule has 1 rings (SSSR count). The Morgan fingerprint density at radius 2 is 2.14 bits per heavy atom. The van der Waals surface area contributed by atoms with Gasteiger partial charge in [0.2, 0.25) is 5.91 Å². The van der Waals surface area contributed by atoms with Crippen molar-refractivity contribution < 1.29 is 14.3 Å². The van der Waals surface area contributed by atoms with Crippen molar-refractivity contribution in [2.24, 2.45) is 0 Å². The van der Waals surface area contributed by atoms with Crippen molar-refractivity contribution in [3.05, 3.63) is 0 Å². The highest BCUT2D eigenvalue weighted by atomic mass is 16.5. The molecule has 1 atom stereocenters. The second-order valence-electron chi connectivity index (χ2n) is 3.58. The van der Waals surface area contributed by atoms with E-state index in [1.165, 1.54) is 0 Å². The van der Waals surface area contributed by atoms with Gasteiger partial charge in [0, 0.05) is 26.6 Å². The average Bonchev–Trinajstić information content (AvgIpc) is 2.26. The van der Waals surface area contributed by atoms with Crippen molar-refractivity contribution in [3.63, 3.8) is 0 Å². The number of nitrogens with zero attached hydrogens (tertiary/aromatic N) is 1. The van der Waals surface area contributed by atoms with Crippen LogP contribution in [0.3, 0.4) is 0 Å². The molecule has 0 N–H and O–H groups in total. The molecule has 14 heavy (non-hydrogen) atoms. The van der Waals surface area contributed by atoms with Crippen LogP contribution < -0.4 is 0 Å². The summed E-state index contributed by atoms with van der Waals surface area (Å²) in [6.07, 6.45) is 1.54. The molecule has 1 saturated heterocycles. The summed E-state index contributed by atoms with van der Waals surface area (Å²) in [5, 5.41) is 0. The molecule has 1 unspecified atom stereocenters. The number of amides is 1. The van der Waals surface area contributed by atoms with Crippen LogP contribution in [0.5, 0.6) is 0 Å². The summed E-state index contributed by atoms with van der Waals surface area (Å²) in [6, 6.07) is 0. The number of rotatable bonds is 4. The fourth-order valence-corrected chi connectivity index (χ4v) is 1.42. The molecule has 0 spiro atoms. The summed E-state index contributed by atoms with van der Waals surface area (Å²) >= 11 is 0. The maximum atomic E-state index is 11.6. The number of carbonyl (C=O) groups is 1. The van der Waals surface area contributed by atoms with E-state index in [4.69, 9.17) is 9.47 Å². The minimum atomic E-state index is 0.167. The van der Waals surface area contributed by atoms with Crippen molar-refractivity contribution >= 4 is 5.91 Å². The molecule has 1 heterocycles. The largest absolute Gasteiger partial charge is 0.382 e. The number of hydrogen-bond donors (Lipinski definition) is 0. The van der Waals surface area contributed by atoms with Crippen LogP contribution in [0.4, 0.5) is 0 Å². The van der Waals surface area contributed by atoms with Crippen LogP contribution in [-0.4, -0.2) is 50.3 Å². The lowest BCUT2D eigenvalue weighted by Crippen LogP contribution is -2.40. The lowest BCUT2D eigenvalue weighted by molar-refractivity contribution is -0.135. The Hall–Kier alpha value is -0.610. The first-order valence-electron chi connectivity index (χ1n) is 5.12. The third kappa shape index (κ3) is 3.64. The molecular weight excluding hydrogens is 182 g/mol. The first-order valence-corrected chi connectivity index (χ1v) is 5.12. The highest BCUT2D eigenvalue weighted by Gasteiger charge is 2.16. The third-order valence-electron chi connectivity index (χ3n) is 2.53. The first kappa shape index (κ1) is 11.5. The zero-order valence-electron chi connectivity index (χ0n) is 8.99. The zero-order valence-corrected chi connectivity index (χ0v) is 8.99. The third-order valence-corrected chi connectivity index (χ3v) is 2.53. The SMILES string of the molecule is COC(C)CCC(=O)N1CCOCC1. The van der Waals surface area contributed by atoms with E-state index in [1.54, 1.807) is 7.11 Å². The second kappa shape index (κ2) is 5.98. The Labute approximate surface area is 85.2 Å². The van der Waals surface area contributed by atoms with Gasteiger partial charge in [0.25, 0.3) is 0 Å². The molecule has 1 aliphatic rings. The molecule has 1 amide bonds. The van der Waals surface area contributed by atoms with Crippen molar-refractivity contribution in [1.29, 1.82) is 0 Å². The van der Waals surface area contributed by atoms with Crippen LogP contribution in [-0.2, 0) is 14.3 Å². The molecular formula is C10H19NO3. The fraction of sp³-hybridized carbons (Fsp3) is 0.900. The minimum Gasteiger partial charge on any atom is -0.382 e. The maximum Gasteiger partial charge on any atom is 0.222 e. The topological polar surface area (TPSA) is 38.8 Å². The number of hydrogen-bond acceptors (Lipinski definition) is 3. The number of carbonyl (C=O) groups excluding carboxylic acids is 1. The predicted octanol–water partition coefficient (Wildman–Crippen LogP) is 0.660. The van der Waals surface area contributed by atoms with Gasteiger partial charge in [0.1, 0.15) is 0 Å². The molecule has 1 fully saturated rings. The van der Waals surface area contributed by atoms with E-state index >= 15 is 0 Å². The fourth-order valence-electron chi connectivity index (χ4n) is 1.42. The smallest absolute Gasteiger partial charge is 0.222 e. The van der Waals surface area contributed by atoms with Crippen LogP contribution in [0, 0.1) is 0 Å². The Morgan fingerprint density at radius 3 is 2.71 bits per heavy atom. The number of morpholine rings is 1. The van der Waals surface area contributed by atoms with Crippen LogP contribution in [0.2, 0.25) is 0 Å². The van der Waals surface area contributed by atoms with Crippen LogP contribution in [0.15, 0.2) is 0 Å². The molecule has 82 valence electrons. The molecule has 0 aromatic carbocycles. The van der Waals surface area contributed by atoms with Gasteiger partial charge in [-0.25, -0.2) is 0 Å². The molecule has 4 heteroatoms. The van der Waals surface area contributed by atoms with Crippen LogP contribution >= 0.6 is 0 Å². The van der Waals surface area contributed by atoms with E-state index in [0.29, 0.717) is 19.6 Å². The summed E-state index contributed by atoms with van der Waals surface area (Å²) in [4.78, 5) is 13.5. The van der Waals surface area contributed by atoms with Gasteiger partial charge in [0.15, 0.2) is 0 Å². The van der Waals surface area contributed by atoms with Crippen molar-refractivity contribution in [3.8, 4) is 0 Å². The van der Waals surface area contributed by atoms with E-state index in [1.807, 2.05) is 11.8 Å². The monoisotopic (exact) mass is 201 g/mol. The van der Waals surface area contributed by atoms with Gasteiger partial charge in [-0.1, -0.05) is 0 Å². The lowest BCUT2D eigenvalue weighted by Gasteiger charge is -2.27. The normalized spacial score (nSPS) is 19.4. The molecule has 4 nitrogen and oxygen atoms in total. The molecule has 0 aromatic rings. The van der Waals surface area contributed by atoms with Gasteiger partial charge in [-0.05, 0) is 13.3 Å². The van der Waals surface area contributed by atoms with Gasteiger partial charge in [-0.2, -0.15) is 0 Å². The summed E-state index contributed by atoms with van der Waals surface area (Å²) < 4.78 is 10.3. The van der Waals surface area contributed by atoms with E-state index in [0.717, 1.165) is 19.5 Å². The molecule has 1 aliphatic heterocycles. The average molecular weight is 201 g/mol. The summed E-state index contributed by atoms with van der Waals surface area (Å²) in [7, 11) is 1.67. The van der Waals surface area contributed by atoms with Gasteiger partial charge < -0.3 is 14.4 Å². The highest BCUT2D eigenvalue weighted by molar-refractivity contribution is 5.76. The minimum absolute atomic E-state index is 0.167. The lowest BCUT2D eigenvalue weighted by atomic mass is 10.2. The van der Waals surface area contributed by atoms with Gasteiger partial charge in [-0.3, -0.25) is 4.79 Å². The van der Waals surface area contributed by atoms with E-state index in [2.05, 4.69) is 0 Å².